The number of sulfonamides is 1. The fraction of sp³-hybridized carbons (Fsp3) is 0.292. The van der Waals surface area contributed by atoms with E-state index in [9.17, 15) is 18.0 Å². The van der Waals surface area contributed by atoms with Crippen molar-refractivity contribution in [1.82, 2.24) is 9.71 Å². The maximum Gasteiger partial charge on any atom is 0.305 e. The second-order valence-corrected chi connectivity index (χ2v) is 9.82. The van der Waals surface area contributed by atoms with Crippen LogP contribution < -0.4 is 14.4 Å². The van der Waals surface area contributed by atoms with Gasteiger partial charge in [0.05, 0.1) is 12.5 Å². The van der Waals surface area contributed by atoms with Crippen LogP contribution in [0.3, 0.4) is 0 Å². The van der Waals surface area contributed by atoms with Crippen LogP contribution in [0.15, 0.2) is 59.8 Å². The van der Waals surface area contributed by atoms with Crippen LogP contribution in [0.4, 0.5) is 5.69 Å². The first kappa shape index (κ1) is 25.1. The van der Waals surface area contributed by atoms with Crippen molar-refractivity contribution in [2.45, 2.75) is 36.8 Å². The van der Waals surface area contributed by atoms with Gasteiger partial charge in [0, 0.05) is 50.0 Å². The highest BCUT2D eigenvalue weighted by molar-refractivity contribution is 7.89. The quantitative estimate of drug-likeness (QED) is 0.397. The van der Waals surface area contributed by atoms with Crippen molar-refractivity contribution < 1.29 is 27.9 Å². The minimum atomic E-state index is -4.24. The first-order valence-corrected chi connectivity index (χ1v) is 12.1. The molecule has 0 saturated heterocycles. The van der Waals surface area contributed by atoms with E-state index in [0.29, 0.717) is 12.1 Å². The maximum absolute atomic E-state index is 13.0. The Balaban J connectivity index is 1.92. The molecule has 1 aromatic heterocycles. The number of rotatable bonds is 11. The number of carbonyl (C=O) groups is 2. The average Bonchev–Trinajstić information content (AvgIpc) is 2.78. The summed E-state index contributed by atoms with van der Waals surface area (Å²) in [6, 6.07) is 11.0. The minimum Gasteiger partial charge on any atom is -0.489 e. The monoisotopic (exact) mass is 485 g/mol. The standard InChI is InChI=1S/C24H27N3O6S/c1-16(10-18-14-25-13-17-6-4-5-7-21(17)18)33-22-12-20(27(2)3)8-9-23(22)34(31,32)26-19(15-28)11-24(29)30/h4-9,12-16,19,26H,10-11H2,1-3H3,(H,29,30). The molecule has 0 bridgehead atoms. The number of hydrogen-bond donors (Lipinski definition) is 2. The van der Waals surface area contributed by atoms with E-state index < -0.39 is 34.6 Å². The van der Waals surface area contributed by atoms with Gasteiger partial charge in [0.15, 0.2) is 0 Å². The number of aliphatic carboxylic acids is 1. The van der Waals surface area contributed by atoms with Gasteiger partial charge >= 0.3 is 5.97 Å². The van der Waals surface area contributed by atoms with Crippen LogP contribution in [-0.2, 0) is 26.0 Å². The van der Waals surface area contributed by atoms with Gasteiger partial charge in [-0.1, -0.05) is 24.3 Å². The molecule has 0 radical (unpaired) electrons. The summed E-state index contributed by atoms with van der Waals surface area (Å²) in [5.74, 6) is -1.20. The van der Waals surface area contributed by atoms with Crippen LogP contribution in [0, 0.1) is 0 Å². The van der Waals surface area contributed by atoms with Crippen molar-refractivity contribution in [3.63, 3.8) is 0 Å². The summed E-state index contributed by atoms with van der Waals surface area (Å²) in [6.07, 6.45) is 3.19. The highest BCUT2D eigenvalue weighted by Crippen LogP contribution is 2.30. The zero-order valence-corrected chi connectivity index (χ0v) is 20.0. The van der Waals surface area contributed by atoms with E-state index in [4.69, 9.17) is 9.84 Å². The second-order valence-electron chi connectivity index (χ2n) is 8.14. The summed E-state index contributed by atoms with van der Waals surface area (Å²) in [5.41, 5.74) is 1.67. The Kier molecular flexibility index (Phi) is 7.85. The van der Waals surface area contributed by atoms with Crippen LogP contribution >= 0.6 is 0 Å². The smallest absolute Gasteiger partial charge is 0.305 e. The van der Waals surface area contributed by atoms with Crippen molar-refractivity contribution in [2.75, 3.05) is 19.0 Å². The van der Waals surface area contributed by atoms with Crippen LogP contribution in [0.2, 0.25) is 0 Å². The van der Waals surface area contributed by atoms with Crippen molar-refractivity contribution in [1.29, 1.82) is 0 Å². The van der Waals surface area contributed by atoms with E-state index in [1.54, 1.807) is 29.4 Å². The molecule has 3 rings (SSSR count). The largest absolute Gasteiger partial charge is 0.489 e. The molecule has 0 fully saturated rings. The number of nitrogens with zero attached hydrogens (tertiary/aromatic N) is 2. The Labute approximate surface area is 198 Å². The molecule has 34 heavy (non-hydrogen) atoms. The highest BCUT2D eigenvalue weighted by atomic mass is 32.2. The summed E-state index contributed by atoms with van der Waals surface area (Å²) in [4.78, 5) is 28.1. The lowest BCUT2D eigenvalue weighted by molar-refractivity contribution is -0.138. The molecule has 0 spiro atoms. The molecular formula is C24H27N3O6S. The molecule has 0 saturated carbocycles. The molecule has 3 aromatic rings. The van der Waals surface area contributed by atoms with Gasteiger partial charge in [0.25, 0.3) is 0 Å². The fourth-order valence-corrected chi connectivity index (χ4v) is 4.85. The number of pyridine rings is 1. The Bertz CT molecular complexity index is 1290. The molecule has 10 heteroatoms. The first-order chi connectivity index (χ1) is 16.1. The number of anilines is 1. The molecular weight excluding hydrogens is 458 g/mol. The maximum atomic E-state index is 13.0. The van der Waals surface area contributed by atoms with Gasteiger partial charge in [-0.25, -0.2) is 13.1 Å². The predicted molar refractivity (Wildman–Crippen MR) is 129 cm³/mol. The molecule has 0 aliphatic heterocycles. The van der Waals surface area contributed by atoms with Gasteiger partial charge in [-0.15, -0.1) is 0 Å². The number of hydrogen-bond acceptors (Lipinski definition) is 7. The number of carboxylic acids is 1. The molecule has 9 nitrogen and oxygen atoms in total. The summed E-state index contributed by atoms with van der Waals surface area (Å²) in [5, 5.41) is 11.0. The third kappa shape index (κ3) is 6.09. The van der Waals surface area contributed by atoms with Gasteiger partial charge in [-0.3, -0.25) is 9.78 Å². The summed E-state index contributed by atoms with van der Waals surface area (Å²) < 4.78 is 34.3. The van der Waals surface area contributed by atoms with Crippen LogP contribution in [0.5, 0.6) is 5.75 Å². The number of ether oxygens (including phenoxy) is 1. The third-order valence-corrected chi connectivity index (χ3v) is 6.71. The molecule has 0 aliphatic carbocycles. The van der Waals surface area contributed by atoms with Gasteiger partial charge in [-0.2, -0.15) is 0 Å². The molecule has 2 atom stereocenters. The highest BCUT2D eigenvalue weighted by Gasteiger charge is 2.26. The predicted octanol–water partition coefficient (Wildman–Crippen LogP) is 2.63. The lowest BCUT2D eigenvalue weighted by Crippen LogP contribution is -2.37. The summed E-state index contributed by atoms with van der Waals surface area (Å²) in [7, 11) is -0.621. The lowest BCUT2D eigenvalue weighted by Gasteiger charge is -2.21. The lowest BCUT2D eigenvalue weighted by atomic mass is 10.0. The van der Waals surface area contributed by atoms with Crippen molar-refractivity contribution in [3.05, 3.63) is 60.4 Å². The molecule has 0 aliphatic rings. The summed E-state index contributed by atoms with van der Waals surface area (Å²) >= 11 is 0. The van der Waals surface area contributed by atoms with Crippen LogP contribution in [-0.4, -0.2) is 57.0 Å². The molecule has 2 N–H and O–H groups in total. The Morgan fingerprint density at radius 2 is 1.94 bits per heavy atom. The van der Waals surface area contributed by atoms with Crippen molar-refractivity contribution in [2.24, 2.45) is 0 Å². The number of carbonyl (C=O) groups excluding carboxylic acids is 1. The molecule has 2 aromatic carbocycles. The topological polar surface area (TPSA) is 126 Å². The molecule has 180 valence electrons. The van der Waals surface area contributed by atoms with Crippen molar-refractivity contribution >= 4 is 38.7 Å². The van der Waals surface area contributed by atoms with Gasteiger partial charge < -0.3 is 19.5 Å². The number of benzene rings is 2. The van der Waals surface area contributed by atoms with E-state index in [-0.39, 0.29) is 16.9 Å². The Hall–Kier alpha value is -3.50. The zero-order valence-electron chi connectivity index (χ0n) is 19.1. The molecule has 2 unspecified atom stereocenters. The van der Waals surface area contributed by atoms with E-state index in [2.05, 4.69) is 9.71 Å². The van der Waals surface area contributed by atoms with Gasteiger partial charge in [0.1, 0.15) is 23.0 Å². The molecule has 1 heterocycles. The number of aromatic nitrogens is 1. The first-order valence-electron chi connectivity index (χ1n) is 10.6. The van der Waals surface area contributed by atoms with Crippen molar-refractivity contribution in [3.8, 4) is 5.75 Å². The van der Waals surface area contributed by atoms with E-state index >= 15 is 0 Å². The number of fused-ring (bicyclic) bond motifs is 1. The average molecular weight is 486 g/mol. The zero-order chi connectivity index (χ0) is 24.9. The second kappa shape index (κ2) is 10.6. The molecule has 0 amide bonds. The summed E-state index contributed by atoms with van der Waals surface area (Å²) in [6.45, 7) is 1.83. The number of nitrogens with one attached hydrogen (secondary N) is 1. The fourth-order valence-electron chi connectivity index (χ4n) is 3.57. The van der Waals surface area contributed by atoms with E-state index in [1.165, 1.54) is 6.07 Å². The number of carboxylic acid groups (broad SMARTS) is 1. The third-order valence-electron chi connectivity index (χ3n) is 5.18. The number of aldehydes is 1. The van der Waals surface area contributed by atoms with E-state index in [1.807, 2.05) is 45.3 Å². The van der Waals surface area contributed by atoms with Gasteiger partial charge in [-0.05, 0) is 30.0 Å². The Morgan fingerprint density at radius 1 is 1.21 bits per heavy atom. The van der Waals surface area contributed by atoms with Crippen LogP contribution in [0.25, 0.3) is 10.8 Å². The SMILES string of the molecule is CC(Cc1cncc2ccccc12)Oc1cc(N(C)C)ccc1S(=O)(=O)NC(C=O)CC(=O)O. The van der Waals surface area contributed by atoms with Gasteiger partial charge in [0.2, 0.25) is 10.0 Å². The normalized spacial score (nSPS) is 13.3. The minimum absolute atomic E-state index is 0.0966. The van der Waals surface area contributed by atoms with Crippen LogP contribution in [0.1, 0.15) is 18.9 Å². The Morgan fingerprint density at radius 3 is 2.62 bits per heavy atom. The van der Waals surface area contributed by atoms with E-state index in [0.717, 1.165) is 16.3 Å².